The number of aromatic nitrogens is 2. The van der Waals surface area contributed by atoms with Gasteiger partial charge in [0.25, 0.3) is 0 Å². The van der Waals surface area contributed by atoms with Gasteiger partial charge in [0.15, 0.2) is 5.82 Å². The summed E-state index contributed by atoms with van der Waals surface area (Å²) in [5.74, 6) is 1.32. The van der Waals surface area contributed by atoms with Crippen LogP contribution in [-0.4, -0.2) is 22.7 Å². The van der Waals surface area contributed by atoms with Crippen LogP contribution in [0.15, 0.2) is 60.9 Å². The molecule has 0 aliphatic heterocycles. The van der Waals surface area contributed by atoms with Crippen molar-refractivity contribution in [3.05, 3.63) is 66.5 Å². The molecular weight excluding hydrogens is 375 g/mol. The van der Waals surface area contributed by atoms with Gasteiger partial charge in [-0.1, -0.05) is 57.4 Å². The molecular formula is C26H31FN2O. The van der Waals surface area contributed by atoms with Crippen molar-refractivity contribution in [2.45, 2.75) is 58.5 Å². The normalized spacial score (nSPS) is 12.0. The third-order valence-corrected chi connectivity index (χ3v) is 5.15. The molecule has 2 aromatic carbocycles. The molecule has 0 aliphatic rings. The summed E-state index contributed by atoms with van der Waals surface area (Å²) >= 11 is 0. The van der Waals surface area contributed by atoms with E-state index in [0.717, 1.165) is 29.5 Å². The predicted molar refractivity (Wildman–Crippen MR) is 121 cm³/mol. The maximum atomic E-state index is 13.6. The number of hydrogen-bond donors (Lipinski definition) is 0. The molecule has 0 aliphatic carbocycles. The number of rotatable bonds is 11. The maximum absolute atomic E-state index is 13.6. The zero-order chi connectivity index (χ0) is 21.2. The number of unbranched alkanes of at least 4 members (excludes halogenated alkanes) is 2. The number of benzene rings is 2. The fourth-order valence-electron chi connectivity index (χ4n) is 3.35. The van der Waals surface area contributed by atoms with Gasteiger partial charge in [-0.05, 0) is 54.7 Å². The SMILES string of the molecule is CCCCCc1ccc(-c2cnc(-c3ccc(OCC(F)CCC)cc3)nc2)cc1. The van der Waals surface area contributed by atoms with Crippen LogP contribution in [0.5, 0.6) is 5.75 Å². The fraction of sp³-hybridized carbons (Fsp3) is 0.385. The Labute approximate surface area is 179 Å². The highest BCUT2D eigenvalue weighted by Crippen LogP contribution is 2.23. The molecule has 1 atom stereocenters. The van der Waals surface area contributed by atoms with Gasteiger partial charge < -0.3 is 4.74 Å². The zero-order valence-electron chi connectivity index (χ0n) is 18.0. The standard InChI is InChI=1S/C26H31FN2O/c1-3-5-6-8-20-9-11-21(12-10-20)23-17-28-26(29-18-23)22-13-15-25(16-14-22)30-19-24(27)7-4-2/h9-18,24H,3-8,19H2,1-2H3. The summed E-state index contributed by atoms with van der Waals surface area (Å²) in [4.78, 5) is 9.05. The number of halogens is 1. The number of ether oxygens (including phenoxy) is 1. The lowest BCUT2D eigenvalue weighted by Gasteiger charge is -2.10. The van der Waals surface area contributed by atoms with Crippen LogP contribution in [0.2, 0.25) is 0 Å². The minimum Gasteiger partial charge on any atom is -0.491 e. The monoisotopic (exact) mass is 406 g/mol. The Kier molecular flexibility index (Phi) is 8.37. The van der Waals surface area contributed by atoms with Crippen molar-refractivity contribution in [1.29, 1.82) is 0 Å². The molecule has 0 fully saturated rings. The third kappa shape index (κ3) is 6.38. The van der Waals surface area contributed by atoms with Gasteiger partial charge >= 0.3 is 0 Å². The summed E-state index contributed by atoms with van der Waals surface area (Å²) in [5.41, 5.74) is 4.41. The van der Waals surface area contributed by atoms with Gasteiger partial charge in [-0.2, -0.15) is 0 Å². The van der Waals surface area contributed by atoms with E-state index in [1.807, 2.05) is 43.6 Å². The van der Waals surface area contributed by atoms with Gasteiger partial charge in [-0.3, -0.25) is 0 Å². The molecule has 4 heteroatoms. The molecule has 1 unspecified atom stereocenters. The highest BCUT2D eigenvalue weighted by Gasteiger charge is 2.07. The second-order valence-electron chi connectivity index (χ2n) is 7.67. The second-order valence-corrected chi connectivity index (χ2v) is 7.67. The Balaban J connectivity index is 1.60. The van der Waals surface area contributed by atoms with Gasteiger partial charge in [0.2, 0.25) is 0 Å². The van der Waals surface area contributed by atoms with Gasteiger partial charge in [-0.15, -0.1) is 0 Å². The minimum atomic E-state index is -0.920. The largest absolute Gasteiger partial charge is 0.491 e. The minimum absolute atomic E-state index is 0.0930. The van der Waals surface area contributed by atoms with E-state index >= 15 is 0 Å². The Morgan fingerprint density at radius 2 is 1.47 bits per heavy atom. The molecule has 0 bridgehead atoms. The average molecular weight is 407 g/mol. The van der Waals surface area contributed by atoms with Crippen molar-refractivity contribution >= 4 is 0 Å². The van der Waals surface area contributed by atoms with Crippen molar-refractivity contribution in [3.63, 3.8) is 0 Å². The highest BCUT2D eigenvalue weighted by molar-refractivity contribution is 5.64. The van der Waals surface area contributed by atoms with Crippen LogP contribution < -0.4 is 4.74 Å². The lowest BCUT2D eigenvalue weighted by molar-refractivity contribution is 0.186. The predicted octanol–water partition coefficient (Wildman–Crippen LogP) is 7.06. The van der Waals surface area contributed by atoms with Crippen LogP contribution in [0.1, 0.15) is 51.5 Å². The summed E-state index contributed by atoms with van der Waals surface area (Å²) < 4.78 is 19.1. The van der Waals surface area contributed by atoms with Crippen LogP contribution in [0.4, 0.5) is 4.39 Å². The summed E-state index contributed by atoms with van der Waals surface area (Å²) in [7, 11) is 0. The summed E-state index contributed by atoms with van der Waals surface area (Å²) in [6.45, 7) is 4.29. The molecule has 3 aromatic rings. The number of aryl methyl sites for hydroxylation is 1. The van der Waals surface area contributed by atoms with Crippen LogP contribution in [-0.2, 0) is 6.42 Å². The first-order valence-corrected chi connectivity index (χ1v) is 11.0. The smallest absolute Gasteiger partial charge is 0.159 e. The van der Waals surface area contributed by atoms with Gasteiger partial charge in [-0.25, -0.2) is 14.4 Å². The van der Waals surface area contributed by atoms with Crippen LogP contribution in [0, 0.1) is 0 Å². The summed E-state index contributed by atoms with van der Waals surface area (Å²) in [6, 6.07) is 16.2. The first-order chi connectivity index (χ1) is 14.7. The summed E-state index contributed by atoms with van der Waals surface area (Å²) in [5, 5.41) is 0. The molecule has 30 heavy (non-hydrogen) atoms. The lowest BCUT2D eigenvalue weighted by Crippen LogP contribution is -2.12. The van der Waals surface area contributed by atoms with E-state index in [9.17, 15) is 4.39 Å². The van der Waals surface area contributed by atoms with E-state index in [1.165, 1.54) is 24.8 Å². The molecule has 0 N–H and O–H groups in total. The molecule has 3 rings (SSSR count). The van der Waals surface area contributed by atoms with Gasteiger partial charge in [0, 0.05) is 23.5 Å². The zero-order valence-corrected chi connectivity index (χ0v) is 18.0. The molecule has 158 valence electrons. The fourth-order valence-corrected chi connectivity index (χ4v) is 3.35. The Hall–Kier alpha value is -2.75. The van der Waals surface area contributed by atoms with Crippen LogP contribution in [0.3, 0.4) is 0 Å². The average Bonchev–Trinajstić information content (AvgIpc) is 2.79. The van der Waals surface area contributed by atoms with E-state index in [2.05, 4.69) is 41.2 Å². The molecule has 0 amide bonds. The van der Waals surface area contributed by atoms with Crippen molar-refractivity contribution in [2.75, 3.05) is 6.61 Å². The first-order valence-electron chi connectivity index (χ1n) is 11.0. The quantitative estimate of drug-likeness (QED) is 0.320. The van der Waals surface area contributed by atoms with E-state index in [0.29, 0.717) is 18.0 Å². The van der Waals surface area contributed by atoms with Crippen molar-refractivity contribution in [1.82, 2.24) is 9.97 Å². The molecule has 0 saturated carbocycles. The first kappa shape index (κ1) is 21.9. The van der Waals surface area contributed by atoms with Crippen molar-refractivity contribution in [2.24, 2.45) is 0 Å². The van der Waals surface area contributed by atoms with Crippen LogP contribution in [0.25, 0.3) is 22.5 Å². The van der Waals surface area contributed by atoms with Crippen LogP contribution >= 0.6 is 0 Å². The molecule has 1 aromatic heterocycles. The summed E-state index contributed by atoms with van der Waals surface area (Å²) in [6.07, 6.45) is 9.04. The maximum Gasteiger partial charge on any atom is 0.159 e. The third-order valence-electron chi connectivity index (χ3n) is 5.15. The van der Waals surface area contributed by atoms with E-state index in [-0.39, 0.29) is 6.61 Å². The van der Waals surface area contributed by atoms with Crippen molar-refractivity contribution in [3.8, 4) is 28.3 Å². The lowest BCUT2D eigenvalue weighted by atomic mass is 10.0. The molecule has 0 radical (unpaired) electrons. The van der Waals surface area contributed by atoms with E-state index in [4.69, 9.17) is 4.74 Å². The molecule has 0 saturated heterocycles. The Morgan fingerprint density at radius 3 is 2.10 bits per heavy atom. The highest BCUT2D eigenvalue weighted by atomic mass is 19.1. The Bertz CT molecular complexity index is 876. The molecule has 0 spiro atoms. The number of hydrogen-bond acceptors (Lipinski definition) is 3. The van der Waals surface area contributed by atoms with Gasteiger partial charge in [0.1, 0.15) is 18.5 Å². The van der Waals surface area contributed by atoms with Gasteiger partial charge in [0.05, 0.1) is 0 Å². The topological polar surface area (TPSA) is 35.0 Å². The second kappa shape index (κ2) is 11.4. The number of nitrogens with zero attached hydrogens (tertiary/aromatic N) is 2. The Morgan fingerprint density at radius 1 is 0.800 bits per heavy atom. The van der Waals surface area contributed by atoms with Crippen molar-refractivity contribution < 1.29 is 9.13 Å². The molecule has 3 nitrogen and oxygen atoms in total. The van der Waals surface area contributed by atoms with E-state index < -0.39 is 6.17 Å². The van der Waals surface area contributed by atoms with E-state index in [1.54, 1.807) is 0 Å². The molecule has 1 heterocycles. The number of alkyl halides is 1.